The third-order valence-electron chi connectivity index (χ3n) is 6.87. The average Bonchev–Trinajstić information content (AvgIpc) is 3.02. The summed E-state index contributed by atoms with van der Waals surface area (Å²) in [5.74, 6) is -0.709. The highest BCUT2D eigenvalue weighted by Gasteiger charge is 2.55. The predicted octanol–water partition coefficient (Wildman–Crippen LogP) is 2.74. The van der Waals surface area contributed by atoms with Crippen LogP contribution in [0.15, 0.2) is 53.3 Å². The van der Waals surface area contributed by atoms with Gasteiger partial charge < -0.3 is 15.0 Å². The number of benzene rings is 1. The second-order valence-electron chi connectivity index (χ2n) is 8.49. The Morgan fingerprint density at radius 3 is 2.65 bits per heavy atom. The first kappa shape index (κ1) is 21.5. The number of aromatic nitrogens is 1. The van der Waals surface area contributed by atoms with E-state index in [4.69, 9.17) is 0 Å². The van der Waals surface area contributed by atoms with Crippen LogP contribution in [0.1, 0.15) is 49.7 Å². The second kappa shape index (κ2) is 8.81. The van der Waals surface area contributed by atoms with Crippen LogP contribution in [0.5, 0.6) is 0 Å². The number of rotatable bonds is 6. The highest BCUT2D eigenvalue weighted by Crippen LogP contribution is 2.48. The largest absolute Gasteiger partial charge is 0.396 e. The Labute approximate surface area is 183 Å². The van der Waals surface area contributed by atoms with Gasteiger partial charge in [-0.15, -0.1) is 0 Å². The van der Waals surface area contributed by atoms with Gasteiger partial charge in [0.2, 0.25) is 5.91 Å². The molecule has 2 aliphatic heterocycles. The molecule has 0 saturated carbocycles. The fraction of sp³-hybridized carbons (Fsp3) is 0.440. The fourth-order valence-corrected chi connectivity index (χ4v) is 5.41. The van der Waals surface area contributed by atoms with E-state index in [0.717, 1.165) is 17.8 Å². The summed E-state index contributed by atoms with van der Waals surface area (Å²) in [6.45, 7) is 7.11. The van der Waals surface area contributed by atoms with Crippen molar-refractivity contribution in [2.45, 2.75) is 45.4 Å². The molecule has 2 aliphatic rings. The number of allylic oxidation sites excluding steroid dienone is 1. The van der Waals surface area contributed by atoms with Crippen molar-refractivity contribution in [1.29, 1.82) is 0 Å². The topological polar surface area (TPSA) is 74.6 Å². The summed E-state index contributed by atoms with van der Waals surface area (Å²) < 4.78 is 1.81. The van der Waals surface area contributed by atoms with Crippen molar-refractivity contribution in [3.63, 3.8) is 0 Å². The Balaban J connectivity index is 1.72. The Bertz CT molecular complexity index is 1030. The molecule has 1 amide bonds. The minimum absolute atomic E-state index is 0.0308. The molecule has 5 atom stereocenters. The number of nitrogens with one attached hydrogen (secondary N) is 1. The van der Waals surface area contributed by atoms with Crippen LogP contribution >= 0.6 is 0 Å². The minimum Gasteiger partial charge on any atom is -0.396 e. The van der Waals surface area contributed by atoms with Gasteiger partial charge in [0.05, 0.1) is 18.0 Å². The number of carbonyl (C=O) groups excluding carboxylic acids is 1. The maximum Gasteiger partial charge on any atom is 0.258 e. The highest BCUT2D eigenvalue weighted by atomic mass is 16.3. The van der Waals surface area contributed by atoms with E-state index in [9.17, 15) is 14.7 Å². The number of aliphatic hydroxyl groups is 1. The van der Waals surface area contributed by atoms with Gasteiger partial charge in [-0.05, 0) is 38.1 Å². The summed E-state index contributed by atoms with van der Waals surface area (Å²) in [5, 5.41) is 13.4. The first-order chi connectivity index (χ1) is 15.0. The lowest BCUT2D eigenvalue weighted by Gasteiger charge is -2.37. The molecule has 31 heavy (non-hydrogen) atoms. The number of aliphatic hydroxyl groups excluding tert-OH is 1. The molecular formula is C25H31N3O3. The van der Waals surface area contributed by atoms with E-state index >= 15 is 0 Å². The Kier molecular flexibility index (Phi) is 6.12. The molecule has 4 rings (SSSR count). The van der Waals surface area contributed by atoms with E-state index in [-0.39, 0.29) is 42.1 Å². The van der Waals surface area contributed by atoms with Gasteiger partial charge in [-0.25, -0.2) is 0 Å². The minimum atomic E-state index is -0.415. The maximum absolute atomic E-state index is 13.5. The lowest BCUT2D eigenvalue weighted by atomic mass is 9.86. The summed E-state index contributed by atoms with van der Waals surface area (Å²) in [5.41, 5.74) is 2.52. The lowest BCUT2D eigenvalue weighted by Crippen LogP contribution is -2.46. The Morgan fingerprint density at radius 2 is 2.00 bits per heavy atom. The van der Waals surface area contributed by atoms with Crippen LogP contribution in [0.3, 0.4) is 0 Å². The molecule has 0 aliphatic carbocycles. The van der Waals surface area contributed by atoms with Crippen molar-refractivity contribution in [1.82, 2.24) is 14.8 Å². The summed E-state index contributed by atoms with van der Waals surface area (Å²) >= 11 is 0. The van der Waals surface area contributed by atoms with Crippen LogP contribution in [0.2, 0.25) is 0 Å². The number of likely N-dealkylation sites (N-methyl/N-ethyl adjacent to an activating group) is 1. The van der Waals surface area contributed by atoms with Crippen molar-refractivity contribution >= 4 is 12.0 Å². The van der Waals surface area contributed by atoms with Gasteiger partial charge in [0.15, 0.2) is 0 Å². The van der Waals surface area contributed by atoms with Crippen molar-refractivity contribution in [3.05, 3.63) is 75.7 Å². The average molecular weight is 422 g/mol. The van der Waals surface area contributed by atoms with Gasteiger partial charge in [-0.1, -0.05) is 49.4 Å². The molecule has 1 saturated heterocycles. The summed E-state index contributed by atoms with van der Waals surface area (Å²) in [6.07, 6.45) is 3.68. The lowest BCUT2D eigenvalue weighted by molar-refractivity contribution is -0.128. The summed E-state index contributed by atoms with van der Waals surface area (Å²) in [6, 6.07) is 13.3. The van der Waals surface area contributed by atoms with E-state index in [0.29, 0.717) is 12.1 Å². The molecular weight excluding hydrogens is 390 g/mol. The molecule has 3 heterocycles. The molecule has 6 heteroatoms. The van der Waals surface area contributed by atoms with Crippen LogP contribution in [-0.2, 0) is 11.3 Å². The zero-order valence-electron chi connectivity index (χ0n) is 18.4. The quantitative estimate of drug-likeness (QED) is 0.752. The molecule has 0 spiro atoms. The SMILES string of the molecule is C/C=C/c1ccc2n(c1=O)C[C@H]1[C@H](CO)[C@@H](C(=O)N[C@H](C)c3ccccc3)[C@@H]2N1CC. The number of carbonyl (C=O) groups is 1. The number of hydrogen-bond donors (Lipinski definition) is 2. The smallest absolute Gasteiger partial charge is 0.258 e. The van der Waals surface area contributed by atoms with E-state index in [1.807, 2.05) is 73.0 Å². The molecule has 0 radical (unpaired) electrons. The molecule has 1 aromatic carbocycles. The molecule has 2 aromatic rings. The van der Waals surface area contributed by atoms with Crippen molar-refractivity contribution in [3.8, 4) is 0 Å². The van der Waals surface area contributed by atoms with Crippen LogP contribution in [-0.4, -0.2) is 39.7 Å². The third kappa shape index (κ3) is 3.64. The number of hydrogen-bond acceptors (Lipinski definition) is 4. The van der Waals surface area contributed by atoms with E-state index in [2.05, 4.69) is 17.1 Å². The van der Waals surface area contributed by atoms with Crippen LogP contribution in [0, 0.1) is 11.8 Å². The zero-order chi connectivity index (χ0) is 22.1. The van der Waals surface area contributed by atoms with E-state index in [1.54, 1.807) is 0 Å². The molecule has 1 fully saturated rings. The summed E-state index contributed by atoms with van der Waals surface area (Å²) in [7, 11) is 0. The van der Waals surface area contributed by atoms with Gasteiger partial charge in [0, 0.05) is 36.4 Å². The van der Waals surface area contributed by atoms with Crippen LogP contribution in [0.4, 0.5) is 0 Å². The molecule has 1 aromatic heterocycles. The highest BCUT2D eigenvalue weighted by molar-refractivity contribution is 5.81. The number of nitrogens with zero attached hydrogens (tertiary/aromatic N) is 2. The predicted molar refractivity (Wildman–Crippen MR) is 121 cm³/mol. The van der Waals surface area contributed by atoms with Gasteiger partial charge in [0.25, 0.3) is 5.56 Å². The second-order valence-corrected chi connectivity index (χ2v) is 8.49. The molecule has 164 valence electrons. The zero-order valence-corrected chi connectivity index (χ0v) is 18.4. The van der Waals surface area contributed by atoms with Crippen molar-refractivity contribution in [2.24, 2.45) is 11.8 Å². The van der Waals surface area contributed by atoms with E-state index < -0.39 is 5.92 Å². The summed E-state index contributed by atoms with van der Waals surface area (Å²) in [4.78, 5) is 28.9. The van der Waals surface area contributed by atoms with E-state index in [1.165, 1.54) is 0 Å². The number of fused-ring (bicyclic) bond motifs is 4. The van der Waals surface area contributed by atoms with Crippen molar-refractivity contribution < 1.29 is 9.90 Å². The first-order valence-corrected chi connectivity index (χ1v) is 11.1. The maximum atomic E-state index is 13.5. The van der Waals surface area contributed by atoms with Gasteiger partial charge in [-0.2, -0.15) is 0 Å². The number of amides is 1. The monoisotopic (exact) mass is 421 g/mol. The van der Waals surface area contributed by atoms with Crippen LogP contribution in [0.25, 0.3) is 6.08 Å². The molecule has 0 unspecified atom stereocenters. The molecule has 6 nitrogen and oxygen atoms in total. The van der Waals surface area contributed by atoms with Crippen LogP contribution < -0.4 is 10.9 Å². The van der Waals surface area contributed by atoms with Gasteiger partial charge in [-0.3, -0.25) is 14.5 Å². The standard InChI is InChI=1S/C25H31N3O3/c1-4-9-18-12-13-20-23-22(24(30)26-16(3)17-10-7-6-8-11-17)19(15-29)21(27(23)5-2)14-28(20)25(18)31/h4,6-13,16,19,21-23,29H,5,14-15H2,1-3H3,(H,26,30)/b9-4+/t16-,19+,21+,22-,23-/m1/s1. The third-order valence-corrected chi connectivity index (χ3v) is 6.87. The molecule has 2 bridgehead atoms. The van der Waals surface area contributed by atoms with Crippen molar-refractivity contribution in [2.75, 3.05) is 13.2 Å². The Hall–Kier alpha value is -2.70. The first-order valence-electron chi connectivity index (χ1n) is 11.1. The Morgan fingerprint density at radius 1 is 1.26 bits per heavy atom. The van der Waals surface area contributed by atoms with Gasteiger partial charge in [0.1, 0.15) is 0 Å². The fourth-order valence-electron chi connectivity index (χ4n) is 5.41. The normalized spacial score (nSPS) is 26.1. The number of pyridine rings is 1. The molecule has 2 N–H and O–H groups in total. The van der Waals surface area contributed by atoms with Gasteiger partial charge >= 0.3 is 0 Å².